The van der Waals surface area contributed by atoms with Gasteiger partial charge in [-0.1, -0.05) is 18.9 Å². The molecule has 3 N–H and O–H groups in total. The molecule has 1 saturated carbocycles. The summed E-state index contributed by atoms with van der Waals surface area (Å²) in [6.45, 7) is -0.720. The number of carboxylic acids is 2. The number of alkyl halides is 3. The fourth-order valence-electron chi connectivity index (χ4n) is 4.66. The first kappa shape index (κ1) is 34.0. The van der Waals surface area contributed by atoms with E-state index in [1.807, 2.05) is 0 Å². The molecule has 1 aliphatic carbocycles. The molecule has 1 aromatic carbocycles. The van der Waals surface area contributed by atoms with Gasteiger partial charge >= 0.3 is 35.2 Å². The maximum Gasteiger partial charge on any atom is 3.00 e. The number of aliphatic hydroxyl groups is 1. The monoisotopic (exact) mass is 593 g/mol. The predicted octanol–water partition coefficient (Wildman–Crippen LogP) is 4.42. The van der Waals surface area contributed by atoms with E-state index in [2.05, 4.69) is 9.98 Å². The van der Waals surface area contributed by atoms with Gasteiger partial charge in [0.15, 0.2) is 0 Å². The fraction of sp³-hybridized carbons (Fsp3) is 0.423. The molecule has 2 aromatic rings. The van der Waals surface area contributed by atoms with Crippen LogP contribution < -0.4 is 0 Å². The van der Waals surface area contributed by atoms with Crippen LogP contribution in [0.3, 0.4) is 0 Å². The number of halogens is 3. The van der Waals surface area contributed by atoms with Crippen LogP contribution in [0.5, 0.6) is 0 Å². The zero-order valence-corrected chi connectivity index (χ0v) is 22.5. The van der Waals surface area contributed by atoms with Crippen LogP contribution in [0.4, 0.5) is 18.9 Å². The summed E-state index contributed by atoms with van der Waals surface area (Å²) >= 11 is 0. The summed E-state index contributed by atoms with van der Waals surface area (Å²) in [7, 11) is 0. The molecular weight excluding hydrogens is 561 g/mol. The van der Waals surface area contributed by atoms with Crippen LogP contribution in [0.25, 0.3) is 0 Å². The largest absolute Gasteiger partial charge is 3.00 e. The molecular formula is C26H32F3FeN4O5+2. The third-order valence-electron chi connectivity index (χ3n) is 6.20. The minimum atomic E-state index is -4.50. The van der Waals surface area contributed by atoms with Gasteiger partial charge in [0.2, 0.25) is 5.90 Å². The number of aliphatic imine (C=N–C) groups is 1. The number of nitrogens with zero attached hydrogens (tertiary/aromatic N) is 4. The van der Waals surface area contributed by atoms with Gasteiger partial charge in [-0.05, 0) is 49.2 Å². The molecule has 213 valence electrons. The molecule has 13 heteroatoms. The summed E-state index contributed by atoms with van der Waals surface area (Å²) in [5.74, 6) is -2.63. The summed E-state index contributed by atoms with van der Waals surface area (Å²) in [4.78, 5) is 34.9. The number of carbonyl (C=O) groups is 2. The van der Waals surface area contributed by atoms with E-state index in [1.165, 1.54) is 4.90 Å². The predicted molar refractivity (Wildman–Crippen MR) is 135 cm³/mol. The first-order valence-electron chi connectivity index (χ1n) is 11.8. The standard InChI is InChI=1S/C25H29F3N4O5.CH3.Fe/c26-25(27,28)17-8-10-18(11-9-17)30-22(33)14-32(16-24(36)37)21-7-2-1-6-20(21)31(15-23(34)35)13-19-5-3-4-12-29-19;;/h3-5,8-12,20-21H,1-2,6-7,13-16H2,(H,30,33)(H,34,35)(H,36,37);1H3;/q;-1;+3/t20-,21?;;/m0../s1. The minimum absolute atomic E-state index is 0. The van der Waals surface area contributed by atoms with Crippen molar-refractivity contribution in [3.05, 3.63) is 67.3 Å². The molecule has 1 unspecified atom stereocenters. The normalized spacial score (nSPS) is 17.8. The van der Waals surface area contributed by atoms with Crippen LogP contribution >= 0.6 is 0 Å². The van der Waals surface area contributed by atoms with Gasteiger partial charge in [-0.3, -0.25) is 24.4 Å². The van der Waals surface area contributed by atoms with E-state index >= 15 is 0 Å². The van der Waals surface area contributed by atoms with Crippen LogP contribution in [0, 0.1) is 7.43 Å². The van der Waals surface area contributed by atoms with Crippen LogP contribution in [0.2, 0.25) is 0 Å². The summed E-state index contributed by atoms with van der Waals surface area (Å²) in [5, 5.41) is 29.6. The Morgan fingerprint density at radius 3 is 1.97 bits per heavy atom. The quantitative estimate of drug-likeness (QED) is 0.151. The number of pyridine rings is 1. The van der Waals surface area contributed by atoms with E-state index in [9.17, 15) is 38.1 Å². The van der Waals surface area contributed by atoms with E-state index in [0.29, 0.717) is 18.5 Å². The van der Waals surface area contributed by atoms with Crippen molar-refractivity contribution in [1.29, 1.82) is 0 Å². The molecule has 1 heterocycles. The number of carboxylic acid groups (broad SMARTS) is 2. The van der Waals surface area contributed by atoms with E-state index in [4.69, 9.17) is 0 Å². The Morgan fingerprint density at radius 2 is 1.46 bits per heavy atom. The van der Waals surface area contributed by atoms with Crippen molar-refractivity contribution in [2.24, 2.45) is 4.99 Å². The van der Waals surface area contributed by atoms with Crippen LogP contribution in [0.15, 0.2) is 53.7 Å². The molecule has 2 atom stereocenters. The average Bonchev–Trinajstić information content (AvgIpc) is 2.83. The first-order chi connectivity index (χ1) is 17.5. The van der Waals surface area contributed by atoms with Gasteiger partial charge in [-0.2, -0.15) is 13.2 Å². The number of aliphatic carboxylic acids is 2. The van der Waals surface area contributed by atoms with Crippen molar-refractivity contribution in [3.8, 4) is 0 Å². The minimum Gasteiger partial charge on any atom is -0.495 e. The molecule has 1 aliphatic rings. The number of hydrogen-bond acceptors (Lipinski definition) is 6. The van der Waals surface area contributed by atoms with Crippen LogP contribution in [-0.2, 0) is 39.4 Å². The maximum atomic E-state index is 12.8. The smallest absolute Gasteiger partial charge is 0.495 e. The number of hydrogen-bond donors (Lipinski definition) is 3. The van der Waals surface area contributed by atoms with Gasteiger partial charge < -0.3 is 22.7 Å². The number of benzene rings is 1. The Morgan fingerprint density at radius 1 is 0.897 bits per heavy atom. The van der Waals surface area contributed by atoms with Gasteiger partial charge in [0, 0.05) is 24.8 Å². The zero-order chi connectivity index (χ0) is 27.0. The molecule has 39 heavy (non-hydrogen) atoms. The third kappa shape index (κ3) is 10.6. The first-order valence-corrected chi connectivity index (χ1v) is 11.8. The molecule has 0 bridgehead atoms. The Balaban J connectivity index is 0.00000380. The molecule has 3 rings (SSSR count). The van der Waals surface area contributed by atoms with Gasteiger partial charge in [0.1, 0.15) is 0 Å². The van der Waals surface area contributed by atoms with E-state index in [0.717, 1.165) is 37.1 Å². The van der Waals surface area contributed by atoms with E-state index in [1.54, 1.807) is 29.3 Å². The van der Waals surface area contributed by atoms with Crippen molar-refractivity contribution >= 4 is 23.5 Å². The van der Waals surface area contributed by atoms with Gasteiger partial charge in [-0.15, -0.1) is 0 Å². The Bertz CT molecular complexity index is 1090. The Kier molecular flexibility index (Phi) is 13.6. The second-order valence-electron chi connectivity index (χ2n) is 8.91. The van der Waals surface area contributed by atoms with Crippen molar-refractivity contribution in [3.63, 3.8) is 0 Å². The summed E-state index contributed by atoms with van der Waals surface area (Å²) in [6.07, 6.45) is -0.0824. The Labute approximate surface area is 235 Å². The molecule has 1 fully saturated rings. The second-order valence-corrected chi connectivity index (χ2v) is 8.91. The second kappa shape index (κ2) is 15.6. The van der Waals surface area contributed by atoms with Crippen molar-refractivity contribution in [2.75, 3.05) is 19.6 Å². The van der Waals surface area contributed by atoms with Gasteiger partial charge in [0.05, 0.1) is 36.6 Å². The Hall–Kier alpha value is -2.99. The number of aliphatic hydroxyl groups excluding tert-OH is 1. The molecule has 1 aromatic heterocycles. The number of aromatic nitrogens is 1. The number of rotatable bonds is 11. The summed E-state index contributed by atoms with van der Waals surface area (Å²) in [6, 6.07) is 8.53. The zero-order valence-electron chi connectivity index (χ0n) is 21.4. The molecule has 1 radical (unpaired) electrons. The molecule has 0 aliphatic heterocycles. The third-order valence-corrected chi connectivity index (χ3v) is 6.20. The van der Waals surface area contributed by atoms with Crippen molar-refractivity contribution < 1.29 is 55.1 Å². The molecule has 9 nitrogen and oxygen atoms in total. The van der Waals surface area contributed by atoms with Gasteiger partial charge in [-0.25, -0.2) is 4.99 Å². The van der Waals surface area contributed by atoms with E-state index < -0.39 is 42.2 Å². The van der Waals surface area contributed by atoms with Crippen LogP contribution in [-0.4, -0.2) is 79.7 Å². The summed E-state index contributed by atoms with van der Waals surface area (Å²) < 4.78 is 38.4. The van der Waals surface area contributed by atoms with Crippen molar-refractivity contribution in [2.45, 2.75) is 50.5 Å². The van der Waals surface area contributed by atoms with E-state index in [-0.39, 0.29) is 55.9 Å². The SMILES string of the molecule is O=C(O)CN(CC(O)=Nc1ccc(C(F)(F)F)cc1)C1CCCC[C@@H]1N(CC(=O)O)Cc1ccccn1.[CH3-].[Fe+3]. The van der Waals surface area contributed by atoms with Crippen LogP contribution in [0.1, 0.15) is 36.9 Å². The molecule has 0 saturated heterocycles. The molecule has 0 amide bonds. The average molecular weight is 593 g/mol. The van der Waals surface area contributed by atoms with Crippen molar-refractivity contribution in [1.82, 2.24) is 14.8 Å². The molecule has 0 spiro atoms. The summed E-state index contributed by atoms with van der Waals surface area (Å²) in [5.41, 5.74) is -0.0943. The topological polar surface area (TPSA) is 127 Å². The maximum absolute atomic E-state index is 12.8. The fourth-order valence-corrected chi connectivity index (χ4v) is 4.66. The van der Waals surface area contributed by atoms with Gasteiger partial charge in [0.25, 0.3) is 0 Å².